The van der Waals surface area contributed by atoms with Crippen molar-refractivity contribution in [1.82, 2.24) is 4.98 Å². The molecule has 58 heavy (non-hydrogen) atoms. The van der Waals surface area contributed by atoms with Gasteiger partial charge in [0.2, 0.25) is 0 Å². The van der Waals surface area contributed by atoms with E-state index in [0.29, 0.717) is 0 Å². The first-order valence-corrected chi connectivity index (χ1v) is 20.0. The zero-order valence-electron chi connectivity index (χ0n) is 31.4. The number of fused-ring (bicyclic) bond motifs is 17. The van der Waals surface area contributed by atoms with Gasteiger partial charge in [-0.3, -0.25) is 0 Å². The van der Waals surface area contributed by atoms with Crippen molar-refractivity contribution in [1.29, 1.82) is 0 Å². The zero-order chi connectivity index (χ0) is 38.0. The molecule has 0 N–H and O–H groups in total. The van der Waals surface area contributed by atoms with E-state index in [0.717, 1.165) is 55.0 Å². The summed E-state index contributed by atoms with van der Waals surface area (Å²) in [5.74, 6) is 0. The lowest BCUT2D eigenvalue weighted by Crippen LogP contribution is -2.25. The second kappa shape index (κ2) is 11.7. The summed E-state index contributed by atoms with van der Waals surface area (Å²) in [4.78, 5) is 5.21. The summed E-state index contributed by atoms with van der Waals surface area (Å²) in [5, 5.41) is 5.64. The van der Waals surface area contributed by atoms with Crippen molar-refractivity contribution in [2.24, 2.45) is 0 Å². The van der Waals surface area contributed by atoms with Gasteiger partial charge in [0.1, 0.15) is 11.2 Å². The molecule has 0 bridgehead atoms. The average Bonchev–Trinajstić information content (AvgIpc) is 3.92. The lowest BCUT2D eigenvalue weighted by Gasteiger charge is -2.30. The standard InChI is InChI=1S/C56H33NO/c1-2-14-34(15-3-1)55-44-29-31-52-54(53(44)43-21-9-13-25-50(43)57-55)45-32-35(27-30-51(45)58-52)37-16-4-5-17-38(37)36-26-28-42-41-20-8-12-24-48(41)56(49(42)33-36)46-22-10-6-18-39(46)40-19-7-11-23-47(40)56/h1-33H. The van der Waals surface area contributed by atoms with Gasteiger partial charge in [0, 0.05) is 32.5 Å². The van der Waals surface area contributed by atoms with E-state index in [4.69, 9.17) is 9.40 Å². The molecule has 2 heteroatoms. The van der Waals surface area contributed by atoms with E-state index in [-0.39, 0.29) is 0 Å². The third kappa shape index (κ3) is 4.13. The summed E-state index contributed by atoms with van der Waals surface area (Å²) in [7, 11) is 0. The molecular weight excluding hydrogens is 703 g/mol. The summed E-state index contributed by atoms with van der Waals surface area (Å²) in [5.41, 5.74) is 19.8. The van der Waals surface area contributed by atoms with Gasteiger partial charge < -0.3 is 4.42 Å². The smallest absolute Gasteiger partial charge is 0.136 e. The number of aromatic nitrogens is 1. The Bertz CT molecular complexity index is 3450. The van der Waals surface area contributed by atoms with Gasteiger partial charge in [0.25, 0.3) is 0 Å². The summed E-state index contributed by atoms with van der Waals surface area (Å²) in [6, 6.07) is 73.1. The predicted molar refractivity (Wildman–Crippen MR) is 239 cm³/mol. The van der Waals surface area contributed by atoms with Gasteiger partial charge >= 0.3 is 0 Å². The Morgan fingerprint density at radius 3 is 1.55 bits per heavy atom. The quantitative estimate of drug-likeness (QED) is 0.169. The van der Waals surface area contributed by atoms with Crippen LogP contribution in [0.15, 0.2) is 205 Å². The zero-order valence-corrected chi connectivity index (χ0v) is 31.4. The minimum atomic E-state index is -0.393. The van der Waals surface area contributed by atoms with Crippen LogP contribution in [0.1, 0.15) is 22.3 Å². The van der Waals surface area contributed by atoms with Gasteiger partial charge in [-0.1, -0.05) is 164 Å². The second-order valence-corrected chi connectivity index (χ2v) is 15.7. The van der Waals surface area contributed by atoms with Crippen LogP contribution in [0, 0.1) is 0 Å². The molecule has 2 aliphatic rings. The molecule has 9 aromatic carbocycles. The molecule has 2 nitrogen and oxygen atoms in total. The van der Waals surface area contributed by atoms with Gasteiger partial charge in [-0.15, -0.1) is 0 Å². The molecule has 0 fully saturated rings. The van der Waals surface area contributed by atoms with Crippen molar-refractivity contribution in [2.75, 3.05) is 0 Å². The first kappa shape index (κ1) is 31.6. The molecule has 2 aliphatic carbocycles. The Balaban J connectivity index is 1.04. The number of furan rings is 1. The van der Waals surface area contributed by atoms with E-state index in [1.165, 1.54) is 66.6 Å². The molecule has 0 atom stereocenters. The summed E-state index contributed by atoms with van der Waals surface area (Å²) < 4.78 is 6.63. The highest BCUT2D eigenvalue weighted by Gasteiger charge is 2.51. The Morgan fingerprint density at radius 1 is 0.328 bits per heavy atom. The molecule has 0 saturated heterocycles. The van der Waals surface area contributed by atoms with Gasteiger partial charge in [0.15, 0.2) is 0 Å². The fraction of sp³-hybridized carbons (Fsp3) is 0.0179. The normalized spacial score (nSPS) is 13.3. The second-order valence-electron chi connectivity index (χ2n) is 15.7. The molecular formula is C56H33NO. The molecule has 0 radical (unpaired) electrons. The third-order valence-electron chi connectivity index (χ3n) is 12.9. The maximum atomic E-state index is 6.63. The molecule has 268 valence electrons. The maximum Gasteiger partial charge on any atom is 0.136 e. The fourth-order valence-electron chi connectivity index (χ4n) is 10.5. The molecule has 11 aromatic rings. The van der Waals surface area contributed by atoms with Crippen molar-refractivity contribution >= 4 is 43.6 Å². The topological polar surface area (TPSA) is 26.0 Å². The third-order valence-corrected chi connectivity index (χ3v) is 12.9. The van der Waals surface area contributed by atoms with E-state index >= 15 is 0 Å². The fourth-order valence-corrected chi connectivity index (χ4v) is 10.5. The number of hydrogen-bond acceptors (Lipinski definition) is 2. The molecule has 13 rings (SSSR count). The largest absolute Gasteiger partial charge is 0.456 e. The lowest BCUT2D eigenvalue weighted by atomic mass is 9.70. The molecule has 0 saturated carbocycles. The lowest BCUT2D eigenvalue weighted by molar-refractivity contribution is 0.669. The average molecular weight is 736 g/mol. The van der Waals surface area contributed by atoms with Crippen molar-refractivity contribution < 1.29 is 4.42 Å². The number of hydrogen-bond donors (Lipinski definition) is 0. The van der Waals surface area contributed by atoms with Crippen LogP contribution in [-0.4, -0.2) is 4.98 Å². The molecule has 1 spiro atoms. The SMILES string of the molecule is c1ccc(-c2nc3ccccc3c3c2ccc2oc4ccc(-c5ccccc5-c5ccc6c(c5)C5(c7ccccc7-c7ccccc75)c5ccccc5-6)cc4c23)cc1. The van der Waals surface area contributed by atoms with Crippen molar-refractivity contribution in [3.8, 4) is 55.8 Å². The molecule has 2 heterocycles. The van der Waals surface area contributed by atoms with Gasteiger partial charge in [-0.2, -0.15) is 0 Å². The first-order valence-electron chi connectivity index (χ1n) is 20.0. The number of pyridine rings is 1. The van der Waals surface area contributed by atoms with Crippen LogP contribution in [0.3, 0.4) is 0 Å². The Labute approximate surface area is 335 Å². The number of benzene rings is 9. The predicted octanol–water partition coefficient (Wildman–Crippen LogP) is 14.6. The van der Waals surface area contributed by atoms with Crippen molar-refractivity contribution in [2.45, 2.75) is 5.41 Å². The minimum Gasteiger partial charge on any atom is -0.456 e. The van der Waals surface area contributed by atoms with Crippen LogP contribution in [0.2, 0.25) is 0 Å². The van der Waals surface area contributed by atoms with Crippen LogP contribution in [0.25, 0.3) is 99.4 Å². The van der Waals surface area contributed by atoms with E-state index in [2.05, 4.69) is 200 Å². The summed E-state index contributed by atoms with van der Waals surface area (Å²) in [6.07, 6.45) is 0. The monoisotopic (exact) mass is 735 g/mol. The van der Waals surface area contributed by atoms with E-state index in [1.54, 1.807) is 0 Å². The number of nitrogens with zero attached hydrogens (tertiary/aromatic N) is 1. The van der Waals surface area contributed by atoms with Gasteiger partial charge in [0.05, 0.1) is 16.6 Å². The molecule has 0 amide bonds. The molecule has 0 unspecified atom stereocenters. The van der Waals surface area contributed by atoms with Crippen LogP contribution < -0.4 is 0 Å². The highest BCUT2D eigenvalue weighted by atomic mass is 16.3. The molecule has 0 aliphatic heterocycles. The van der Waals surface area contributed by atoms with Crippen molar-refractivity contribution in [3.63, 3.8) is 0 Å². The van der Waals surface area contributed by atoms with E-state index in [1.807, 2.05) is 0 Å². The van der Waals surface area contributed by atoms with Crippen LogP contribution in [0.4, 0.5) is 0 Å². The maximum absolute atomic E-state index is 6.63. The highest BCUT2D eigenvalue weighted by molar-refractivity contribution is 6.28. The van der Waals surface area contributed by atoms with E-state index in [9.17, 15) is 0 Å². The van der Waals surface area contributed by atoms with Gasteiger partial charge in [-0.25, -0.2) is 4.98 Å². The van der Waals surface area contributed by atoms with Gasteiger partial charge in [-0.05, 0) is 103 Å². The number of para-hydroxylation sites is 1. The Kier molecular flexibility index (Phi) is 6.40. The summed E-state index contributed by atoms with van der Waals surface area (Å²) >= 11 is 0. The van der Waals surface area contributed by atoms with Crippen molar-refractivity contribution in [3.05, 3.63) is 222 Å². The van der Waals surface area contributed by atoms with Crippen LogP contribution in [-0.2, 0) is 5.41 Å². The minimum absolute atomic E-state index is 0.393. The highest BCUT2D eigenvalue weighted by Crippen LogP contribution is 2.63. The Morgan fingerprint density at radius 2 is 0.862 bits per heavy atom. The summed E-state index contributed by atoms with van der Waals surface area (Å²) in [6.45, 7) is 0. The first-order chi connectivity index (χ1) is 28.8. The van der Waals surface area contributed by atoms with E-state index < -0.39 is 5.41 Å². The number of rotatable bonds is 3. The van der Waals surface area contributed by atoms with Crippen LogP contribution >= 0.6 is 0 Å². The van der Waals surface area contributed by atoms with Crippen LogP contribution in [0.5, 0.6) is 0 Å². The Hall–Kier alpha value is -7.55. The molecule has 2 aromatic heterocycles.